The first kappa shape index (κ1) is 13.1. The summed E-state index contributed by atoms with van der Waals surface area (Å²) < 4.78 is 1.98. The summed E-state index contributed by atoms with van der Waals surface area (Å²) in [6.45, 7) is 4.37. The number of imidazole rings is 1. The van der Waals surface area contributed by atoms with Crippen molar-refractivity contribution >= 4 is 5.91 Å². The van der Waals surface area contributed by atoms with Crippen LogP contribution in [0.25, 0.3) is 0 Å². The van der Waals surface area contributed by atoms with Gasteiger partial charge in [-0.15, -0.1) is 0 Å². The number of amides is 1. The van der Waals surface area contributed by atoms with E-state index in [4.69, 9.17) is 0 Å². The monoisotopic (exact) mass is 250 g/mol. The van der Waals surface area contributed by atoms with Crippen LogP contribution in [0.2, 0.25) is 0 Å². The largest absolute Gasteiger partial charge is 0.337 e. The van der Waals surface area contributed by atoms with E-state index in [-0.39, 0.29) is 5.91 Å². The molecule has 18 heavy (non-hydrogen) atoms. The molecule has 0 atom stereocenters. The van der Waals surface area contributed by atoms with Gasteiger partial charge in [0.1, 0.15) is 5.82 Å². The molecular weight excluding hydrogens is 228 g/mol. The quantitative estimate of drug-likeness (QED) is 0.732. The lowest BCUT2D eigenvalue weighted by Crippen LogP contribution is -2.35. The highest BCUT2D eigenvalue weighted by molar-refractivity contribution is 5.77. The molecule has 1 aromatic rings. The lowest BCUT2D eigenvalue weighted by atomic mass is 10.3. The Morgan fingerprint density at radius 1 is 1.61 bits per heavy atom. The minimum atomic E-state index is 0.237. The van der Waals surface area contributed by atoms with Gasteiger partial charge < -0.3 is 14.8 Å². The summed E-state index contributed by atoms with van der Waals surface area (Å²) in [5.74, 6) is 1.19. The van der Waals surface area contributed by atoms with Gasteiger partial charge in [0.25, 0.3) is 0 Å². The number of aryl methyl sites for hydroxylation is 1. The number of hydrogen-bond donors (Lipinski definition) is 1. The van der Waals surface area contributed by atoms with E-state index < -0.39 is 0 Å². The first-order valence-electron chi connectivity index (χ1n) is 6.68. The molecule has 1 saturated carbocycles. The van der Waals surface area contributed by atoms with Crippen LogP contribution in [0, 0.1) is 0 Å². The number of nitrogens with one attached hydrogen (secondary N) is 1. The Bertz CT molecular complexity index is 397. The van der Waals surface area contributed by atoms with Gasteiger partial charge in [-0.3, -0.25) is 4.79 Å². The number of nitrogens with zero attached hydrogens (tertiary/aromatic N) is 3. The molecule has 1 aliphatic carbocycles. The number of rotatable bonds is 7. The van der Waals surface area contributed by atoms with E-state index in [1.54, 1.807) is 6.20 Å². The van der Waals surface area contributed by atoms with Crippen molar-refractivity contribution in [1.82, 2.24) is 19.8 Å². The van der Waals surface area contributed by atoms with Gasteiger partial charge in [-0.25, -0.2) is 4.98 Å². The van der Waals surface area contributed by atoms with Crippen LogP contribution >= 0.6 is 0 Å². The van der Waals surface area contributed by atoms with Crippen LogP contribution in [0.4, 0.5) is 0 Å². The van der Waals surface area contributed by atoms with Gasteiger partial charge in [-0.05, 0) is 19.4 Å². The molecule has 2 rings (SSSR count). The average molecular weight is 250 g/mol. The predicted octanol–water partition coefficient (Wildman–Crippen LogP) is 0.911. The van der Waals surface area contributed by atoms with Crippen molar-refractivity contribution < 1.29 is 4.79 Å². The zero-order valence-corrected chi connectivity index (χ0v) is 11.2. The fourth-order valence-electron chi connectivity index (χ4n) is 2.02. The van der Waals surface area contributed by atoms with Crippen molar-refractivity contribution in [3.63, 3.8) is 0 Å². The van der Waals surface area contributed by atoms with Crippen LogP contribution in [0.15, 0.2) is 12.4 Å². The average Bonchev–Trinajstić information content (AvgIpc) is 3.11. The second-order valence-corrected chi connectivity index (χ2v) is 4.81. The molecule has 1 heterocycles. The minimum Gasteiger partial charge on any atom is -0.337 e. The fourth-order valence-corrected chi connectivity index (χ4v) is 2.02. The summed E-state index contributed by atoms with van der Waals surface area (Å²) in [5, 5.41) is 3.20. The summed E-state index contributed by atoms with van der Waals surface area (Å²) in [6.07, 6.45) is 6.55. The van der Waals surface area contributed by atoms with Crippen molar-refractivity contribution in [2.45, 2.75) is 38.8 Å². The summed E-state index contributed by atoms with van der Waals surface area (Å²) in [7, 11) is 1.97. The first-order valence-corrected chi connectivity index (χ1v) is 6.68. The molecule has 0 bridgehead atoms. The zero-order chi connectivity index (χ0) is 13.0. The summed E-state index contributed by atoms with van der Waals surface area (Å²) in [6, 6.07) is 0.441. The maximum Gasteiger partial charge on any atom is 0.224 e. The third kappa shape index (κ3) is 3.32. The molecule has 0 aliphatic heterocycles. The summed E-state index contributed by atoms with van der Waals surface area (Å²) in [4.78, 5) is 18.5. The van der Waals surface area contributed by atoms with E-state index in [1.807, 2.05) is 22.7 Å². The molecule has 0 saturated heterocycles. The molecule has 0 aromatic carbocycles. The highest BCUT2D eigenvalue weighted by Crippen LogP contribution is 2.28. The Labute approximate surface area is 108 Å². The van der Waals surface area contributed by atoms with Crippen LogP contribution in [-0.4, -0.2) is 39.5 Å². The van der Waals surface area contributed by atoms with Gasteiger partial charge in [-0.2, -0.15) is 0 Å². The lowest BCUT2D eigenvalue weighted by molar-refractivity contribution is -0.132. The van der Waals surface area contributed by atoms with Crippen molar-refractivity contribution in [3.05, 3.63) is 18.2 Å². The second kappa shape index (κ2) is 6.00. The van der Waals surface area contributed by atoms with E-state index in [9.17, 15) is 4.79 Å². The Morgan fingerprint density at radius 2 is 2.39 bits per heavy atom. The van der Waals surface area contributed by atoms with Gasteiger partial charge in [0, 0.05) is 38.4 Å². The molecule has 5 nitrogen and oxygen atoms in total. The van der Waals surface area contributed by atoms with E-state index >= 15 is 0 Å². The Balaban J connectivity index is 1.91. The van der Waals surface area contributed by atoms with Gasteiger partial charge >= 0.3 is 0 Å². The Hall–Kier alpha value is -1.36. The predicted molar refractivity (Wildman–Crippen MR) is 69.9 cm³/mol. The van der Waals surface area contributed by atoms with Crippen molar-refractivity contribution in [1.29, 1.82) is 0 Å². The van der Waals surface area contributed by atoms with E-state index in [2.05, 4.69) is 17.2 Å². The molecule has 0 radical (unpaired) electrons. The topological polar surface area (TPSA) is 50.2 Å². The summed E-state index contributed by atoms with van der Waals surface area (Å²) in [5.41, 5.74) is 0. The van der Waals surface area contributed by atoms with Crippen molar-refractivity contribution in [2.24, 2.45) is 7.05 Å². The SMILES string of the molecule is CCNCCC(=O)N(Cc1nccn1C)C1CC1. The molecular formula is C13H22N4O. The molecule has 0 spiro atoms. The lowest BCUT2D eigenvalue weighted by Gasteiger charge is -2.22. The number of hydrogen-bond acceptors (Lipinski definition) is 3. The fraction of sp³-hybridized carbons (Fsp3) is 0.692. The maximum atomic E-state index is 12.2. The molecule has 100 valence electrons. The van der Waals surface area contributed by atoms with Crippen molar-refractivity contribution in [2.75, 3.05) is 13.1 Å². The zero-order valence-electron chi connectivity index (χ0n) is 11.2. The van der Waals surface area contributed by atoms with E-state index in [1.165, 1.54) is 0 Å². The highest BCUT2D eigenvalue weighted by atomic mass is 16.2. The van der Waals surface area contributed by atoms with Crippen LogP contribution in [0.5, 0.6) is 0 Å². The van der Waals surface area contributed by atoms with Crippen LogP contribution < -0.4 is 5.32 Å². The van der Waals surface area contributed by atoms with Crippen molar-refractivity contribution in [3.8, 4) is 0 Å². The van der Waals surface area contributed by atoms with Gasteiger partial charge in [0.2, 0.25) is 5.91 Å². The van der Waals surface area contributed by atoms with Gasteiger partial charge in [-0.1, -0.05) is 6.92 Å². The number of carbonyl (C=O) groups is 1. The number of carbonyl (C=O) groups excluding carboxylic acids is 1. The third-order valence-electron chi connectivity index (χ3n) is 3.31. The molecule has 1 N–H and O–H groups in total. The van der Waals surface area contributed by atoms with E-state index in [0.29, 0.717) is 19.0 Å². The van der Waals surface area contributed by atoms with Gasteiger partial charge in [0.15, 0.2) is 0 Å². The normalized spacial score (nSPS) is 14.8. The highest BCUT2D eigenvalue weighted by Gasteiger charge is 2.32. The Morgan fingerprint density at radius 3 is 2.94 bits per heavy atom. The summed E-state index contributed by atoms with van der Waals surface area (Å²) >= 11 is 0. The standard InChI is InChI=1S/C13H22N4O/c1-3-14-7-6-13(18)17(11-4-5-11)10-12-15-8-9-16(12)2/h8-9,11,14H,3-7,10H2,1-2H3. The molecule has 1 amide bonds. The maximum absolute atomic E-state index is 12.2. The van der Waals surface area contributed by atoms with E-state index in [0.717, 1.165) is 31.8 Å². The molecule has 1 aliphatic rings. The first-order chi connectivity index (χ1) is 8.72. The molecule has 1 fully saturated rings. The third-order valence-corrected chi connectivity index (χ3v) is 3.31. The molecule has 0 unspecified atom stereocenters. The Kier molecular flexibility index (Phi) is 4.36. The smallest absolute Gasteiger partial charge is 0.224 e. The molecule has 1 aromatic heterocycles. The van der Waals surface area contributed by atoms with Crippen LogP contribution in [0.3, 0.4) is 0 Å². The minimum absolute atomic E-state index is 0.237. The van der Waals surface area contributed by atoms with Crippen LogP contribution in [0.1, 0.15) is 32.0 Å². The molecule has 5 heteroatoms. The number of aromatic nitrogens is 2. The second-order valence-electron chi connectivity index (χ2n) is 4.81. The van der Waals surface area contributed by atoms with Crippen LogP contribution in [-0.2, 0) is 18.4 Å². The van der Waals surface area contributed by atoms with Gasteiger partial charge in [0.05, 0.1) is 6.54 Å².